The Bertz CT molecular complexity index is 431. The van der Waals surface area contributed by atoms with Crippen molar-refractivity contribution in [2.75, 3.05) is 5.73 Å². The van der Waals surface area contributed by atoms with Crippen LogP contribution in [0.15, 0.2) is 24.4 Å². The third kappa shape index (κ3) is 0.863. The fraction of sp³-hybridized carbons (Fsp3) is 0.111. The van der Waals surface area contributed by atoms with Gasteiger partial charge in [0.05, 0.1) is 11.2 Å². The van der Waals surface area contributed by atoms with Crippen molar-refractivity contribution < 1.29 is 4.39 Å². The Balaban J connectivity index is 2.90. The molecule has 0 bridgehead atoms. The molecule has 0 unspecified atom stereocenters. The molecular formula is C9H9FN2. The monoisotopic (exact) mass is 164 g/mol. The van der Waals surface area contributed by atoms with Gasteiger partial charge in [0.1, 0.15) is 5.82 Å². The van der Waals surface area contributed by atoms with Crippen LogP contribution in [0.4, 0.5) is 10.1 Å². The lowest BCUT2D eigenvalue weighted by atomic mass is 10.2. The zero-order valence-corrected chi connectivity index (χ0v) is 6.71. The van der Waals surface area contributed by atoms with Crippen molar-refractivity contribution in [1.82, 2.24) is 4.57 Å². The molecule has 0 spiro atoms. The molecule has 12 heavy (non-hydrogen) atoms. The molecule has 2 N–H and O–H groups in total. The summed E-state index contributed by atoms with van der Waals surface area (Å²) in [5.41, 5.74) is 7.23. The summed E-state index contributed by atoms with van der Waals surface area (Å²) in [6, 6.07) is 4.60. The molecule has 2 aromatic rings. The number of hydrogen-bond donors (Lipinski definition) is 1. The highest BCUT2D eigenvalue weighted by Crippen LogP contribution is 2.22. The summed E-state index contributed by atoms with van der Waals surface area (Å²) in [7, 11) is 1.89. The summed E-state index contributed by atoms with van der Waals surface area (Å²) in [5.74, 6) is -0.250. The Morgan fingerprint density at radius 3 is 2.92 bits per heavy atom. The molecule has 1 aromatic heterocycles. The first-order valence-electron chi connectivity index (χ1n) is 3.68. The highest BCUT2D eigenvalue weighted by Gasteiger charge is 2.03. The van der Waals surface area contributed by atoms with Crippen molar-refractivity contribution in [2.24, 2.45) is 7.05 Å². The number of nitrogens with zero attached hydrogens (tertiary/aromatic N) is 1. The molecule has 0 fully saturated rings. The van der Waals surface area contributed by atoms with E-state index in [1.807, 2.05) is 11.6 Å². The molecule has 1 heterocycles. The van der Waals surface area contributed by atoms with Gasteiger partial charge < -0.3 is 10.3 Å². The zero-order chi connectivity index (χ0) is 8.72. The fourth-order valence-corrected chi connectivity index (χ4v) is 1.39. The van der Waals surface area contributed by atoms with E-state index in [2.05, 4.69) is 0 Å². The summed E-state index contributed by atoms with van der Waals surface area (Å²) < 4.78 is 14.6. The highest BCUT2D eigenvalue weighted by molar-refractivity contribution is 5.91. The van der Waals surface area contributed by atoms with E-state index in [4.69, 9.17) is 5.73 Å². The van der Waals surface area contributed by atoms with Gasteiger partial charge in [0.2, 0.25) is 0 Å². The lowest BCUT2D eigenvalue weighted by Gasteiger charge is -1.94. The van der Waals surface area contributed by atoms with Crippen molar-refractivity contribution in [1.29, 1.82) is 0 Å². The third-order valence-corrected chi connectivity index (χ3v) is 1.98. The largest absolute Gasteiger partial charge is 0.397 e. The molecule has 2 nitrogen and oxygen atoms in total. The molecule has 62 valence electrons. The predicted molar refractivity (Wildman–Crippen MR) is 47.3 cm³/mol. The number of rotatable bonds is 0. The number of hydrogen-bond acceptors (Lipinski definition) is 1. The first-order chi connectivity index (χ1) is 5.68. The van der Waals surface area contributed by atoms with Gasteiger partial charge in [0, 0.05) is 18.6 Å². The van der Waals surface area contributed by atoms with E-state index in [1.54, 1.807) is 12.3 Å². The second-order valence-electron chi connectivity index (χ2n) is 2.86. The quantitative estimate of drug-likeness (QED) is 0.633. The Kier molecular flexibility index (Phi) is 1.33. The van der Waals surface area contributed by atoms with E-state index < -0.39 is 0 Å². The van der Waals surface area contributed by atoms with Crippen molar-refractivity contribution in [3.05, 3.63) is 30.2 Å². The van der Waals surface area contributed by atoms with Crippen LogP contribution in [0.5, 0.6) is 0 Å². The standard InChI is InChI=1S/C9H9FN2/c1-12-5-8(11)7-4-6(10)2-3-9(7)12/h2-5H,11H2,1H3. The SMILES string of the molecule is Cn1cc(N)c2cc(F)ccc21. The topological polar surface area (TPSA) is 30.9 Å². The second kappa shape index (κ2) is 2.24. The van der Waals surface area contributed by atoms with Gasteiger partial charge in [0.25, 0.3) is 0 Å². The van der Waals surface area contributed by atoms with Gasteiger partial charge in [-0.2, -0.15) is 0 Å². The molecule has 3 heteroatoms. The average molecular weight is 164 g/mol. The highest BCUT2D eigenvalue weighted by atomic mass is 19.1. The maximum atomic E-state index is 12.8. The van der Waals surface area contributed by atoms with Crippen LogP contribution in [0, 0.1) is 5.82 Å². The first kappa shape index (κ1) is 7.16. The molecule has 1 aromatic carbocycles. The lowest BCUT2D eigenvalue weighted by molar-refractivity contribution is 0.629. The molecule has 0 saturated carbocycles. The van der Waals surface area contributed by atoms with E-state index in [1.165, 1.54) is 12.1 Å². The van der Waals surface area contributed by atoms with Gasteiger partial charge in [0.15, 0.2) is 0 Å². The van der Waals surface area contributed by atoms with Gasteiger partial charge in [-0.3, -0.25) is 0 Å². The maximum absolute atomic E-state index is 12.8. The van der Waals surface area contributed by atoms with Crippen molar-refractivity contribution in [3.63, 3.8) is 0 Å². The Morgan fingerprint density at radius 2 is 2.17 bits per heavy atom. The number of nitrogens with two attached hydrogens (primary N) is 1. The Labute approximate surface area is 69.4 Å². The van der Waals surface area contributed by atoms with Gasteiger partial charge in [-0.05, 0) is 18.2 Å². The summed E-state index contributed by atoms with van der Waals surface area (Å²) in [6.45, 7) is 0. The number of aromatic nitrogens is 1. The molecule has 0 aliphatic carbocycles. The van der Waals surface area contributed by atoms with E-state index in [0.717, 1.165) is 10.9 Å². The number of fused-ring (bicyclic) bond motifs is 1. The van der Waals surface area contributed by atoms with Crippen LogP contribution >= 0.6 is 0 Å². The van der Waals surface area contributed by atoms with Crippen LogP contribution in [-0.2, 0) is 7.05 Å². The molecule has 0 amide bonds. The Morgan fingerprint density at radius 1 is 1.42 bits per heavy atom. The molecule has 0 saturated heterocycles. The third-order valence-electron chi connectivity index (χ3n) is 1.98. The van der Waals surface area contributed by atoms with E-state index >= 15 is 0 Å². The Hall–Kier alpha value is -1.51. The number of anilines is 1. The van der Waals surface area contributed by atoms with Gasteiger partial charge in [-0.15, -0.1) is 0 Å². The normalized spacial score (nSPS) is 10.8. The van der Waals surface area contributed by atoms with Crippen molar-refractivity contribution in [2.45, 2.75) is 0 Å². The number of nitrogen functional groups attached to an aromatic ring is 1. The van der Waals surface area contributed by atoms with Crippen LogP contribution < -0.4 is 5.73 Å². The first-order valence-corrected chi connectivity index (χ1v) is 3.68. The molecule has 0 aliphatic rings. The molecular weight excluding hydrogens is 155 g/mol. The minimum atomic E-state index is -0.250. The minimum absolute atomic E-state index is 0.250. The van der Waals surface area contributed by atoms with Gasteiger partial charge in [-0.1, -0.05) is 0 Å². The summed E-state index contributed by atoms with van der Waals surface area (Å²) >= 11 is 0. The summed E-state index contributed by atoms with van der Waals surface area (Å²) in [6.07, 6.45) is 1.78. The van der Waals surface area contributed by atoms with Gasteiger partial charge >= 0.3 is 0 Å². The number of aryl methyl sites for hydroxylation is 1. The van der Waals surface area contributed by atoms with E-state index in [0.29, 0.717) is 5.69 Å². The van der Waals surface area contributed by atoms with Gasteiger partial charge in [-0.25, -0.2) is 4.39 Å². The lowest BCUT2D eigenvalue weighted by Crippen LogP contribution is -1.83. The van der Waals surface area contributed by atoms with Crippen LogP contribution in [0.3, 0.4) is 0 Å². The molecule has 2 rings (SSSR count). The van der Waals surface area contributed by atoms with Crippen molar-refractivity contribution >= 4 is 16.6 Å². The van der Waals surface area contributed by atoms with E-state index in [-0.39, 0.29) is 5.82 Å². The predicted octanol–water partition coefficient (Wildman–Crippen LogP) is 1.90. The maximum Gasteiger partial charge on any atom is 0.124 e. The molecule has 0 aliphatic heterocycles. The van der Waals surface area contributed by atoms with Crippen LogP contribution in [0.2, 0.25) is 0 Å². The zero-order valence-electron chi connectivity index (χ0n) is 6.71. The minimum Gasteiger partial charge on any atom is -0.397 e. The van der Waals surface area contributed by atoms with Crippen LogP contribution in [0.1, 0.15) is 0 Å². The fourth-order valence-electron chi connectivity index (χ4n) is 1.39. The van der Waals surface area contributed by atoms with Crippen LogP contribution in [0.25, 0.3) is 10.9 Å². The number of halogens is 1. The van der Waals surface area contributed by atoms with E-state index in [9.17, 15) is 4.39 Å². The molecule has 0 atom stereocenters. The number of benzene rings is 1. The summed E-state index contributed by atoms with van der Waals surface area (Å²) in [5, 5.41) is 0.775. The van der Waals surface area contributed by atoms with Crippen molar-refractivity contribution in [3.8, 4) is 0 Å². The summed E-state index contributed by atoms with van der Waals surface area (Å²) in [4.78, 5) is 0. The van der Waals surface area contributed by atoms with Crippen LogP contribution in [-0.4, -0.2) is 4.57 Å². The average Bonchev–Trinajstić information content (AvgIpc) is 2.28. The molecule has 0 radical (unpaired) electrons. The second-order valence-corrected chi connectivity index (χ2v) is 2.86. The smallest absolute Gasteiger partial charge is 0.124 e.